The molecular weight excluding hydrogens is 316 g/mol. The number of carbonyl (C=O) groups excluding carboxylic acids is 2. The molecule has 1 aromatic carbocycles. The van der Waals surface area contributed by atoms with Gasteiger partial charge in [-0.1, -0.05) is 29.8 Å². The molecule has 1 aliphatic heterocycles. The Balaban J connectivity index is 1.84. The van der Waals surface area contributed by atoms with Gasteiger partial charge in [0.05, 0.1) is 23.8 Å². The van der Waals surface area contributed by atoms with Crippen molar-refractivity contribution in [1.29, 1.82) is 0 Å². The summed E-state index contributed by atoms with van der Waals surface area (Å²) in [6.07, 6.45) is 4.41. The number of aryl methyl sites for hydroxylation is 2. The third kappa shape index (κ3) is 3.57. The summed E-state index contributed by atoms with van der Waals surface area (Å²) in [7, 11) is 1.78. The Morgan fingerprint density at radius 2 is 2.04 bits per heavy atom. The standard InChI is InChI=1S/C19H24N4O2/c1-4-23-12-15(11-20-23)21-19(25)16-9-10-17(24)22(3)18(16)14-7-5-13(2)6-8-14/h5-8,11-12,16,18H,4,9-10H2,1-3H3,(H,21,25)/t16-,18-/m0/s1. The zero-order valence-electron chi connectivity index (χ0n) is 14.9. The van der Waals surface area contributed by atoms with Gasteiger partial charge in [0.1, 0.15) is 0 Å². The SMILES string of the molecule is CCn1cc(NC(=O)[C@H]2CCC(=O)N(C)[C@H]2c2ccc(C)cc2)cn1. The van der Waals surface area contributed by atoms with Crippen LogP contribution in [-0.4, -0.2) is 33.5 Å². The topological polar surface area (TPSA) is 67.2 Å². The highest BCUT2D eigenvalue weighted by Crippen LogP contribution is 2.36. The van der Waals surface area contributed by atoms with E-state index in [0.717, 1.165) is 17.7 Å². The summed E-state index contributed by atoms with van der Waals surface area (Å²) in [5.41, 5.74) is 2.83. The van der Waals surface area contributed by atoms with Gasteiger partial charge in [-0.05, 0) is 25.8 Å². The van der Waals surface area contributed by atoms with Crippen molar-refractivity contribution >= 4 is 17.5 Å². The molecule has 1 aromatic heterocycles. The number of piperidine rings is 1. The number of hydrogen-bond donors (Lipinski definition) is 1. The summed E-state index contributed by atoms with van der Waals surface area (Å²) in [4.78, 5) is 26.8. The van der Waals surface area contributed by atoms with Gasteiger partial charge >= 0.3 is 0 Å². The first-order chi connectivity index (χ1) is 12.0. The lowest BCUT2D eigenvalue weighted by atomic mass is 9.83. The molecule has 1 N–H and O–H groups in total. The van der Waals surface area contributed by atoms with Gasteiger partial charge in [-0.3, -0.25) is 14.3 Å². The van der Waals surface area contributed by atoms with Crippen LogP contribution in [0.1, 0.15) is 36.9 Å². The van der Waals surface area contributed by atoms with Crippen molar-refractivity contribution in [3.8, 4) is 0 Å². The zero-order valence-corrected chi connectivity index (χ0v) is 14.9. The van der Waals surface area contributed by atoms with E-state index < -0.39 is 0 Å². The Kier molecular flexibility index (Phi) is 4.88. The molecule has 0 bridgehead atoms. The maximum Gasteiger partial charge on any atom is 0.230 e. The van der Waals surface area contributed by atoms with E-state index >= 15 is 0 Å². The Labute approximate surface area is 147 Å². The van der Waals surface area contributed by atoms with Crippen LogP contribution in [0.15, 0.2) is 36.7 Å². The van der Waals surface area contributed by atoms with Crippen molar-refractivity contribution in [3.63, 3.8) is 0 Å². The third-order valence-electron chi connectivity index (χ3n) is 4.84. The molecule has 3 rings (SSSR count). The predicted octanol–water partition coefficient (Wildman–Crippen LogP) is 2.76. The normalized spacial score (nSPS) is 20.6. The average molecular weight is 340 g/mol. The highest BCUT2D eigenvalue weighted by atomic mass is 16.2. The molecular formula is C19H24N4O2. The summed E-state index contributed by atoms with van der Waals surface area (Å²) in [5.74, 6) is -0.274. The van der Waals surface area contributed by atoms with E-state index in [0.29, 0.717) is 18.5 Å². The Morgan fingerprint density at radius 1 is 1.32 bits per heavy atom. The van der Waals surface area contributed by atoms with Gasteiger partial charge in [-0.25, -0.2) is 0 Å². The molecule has 2 heterocycles. The molecule has 132 valence electrons. The molecule has 1 aliphatic rings. The quantitative estimate of drug-likeness (QED) is 0.930. The van der Waals surface area contributed by atoms with E-state index in [1.807, 2.05) is 44.3 Å². The van der Waals surface area contributed by atoms with Crippen LogP contribution in [-0.2, 0) is 16.1 Å². The van der Waals surface area contributed by atoms with Crippen LogP contribution in [0.2, 0.25) is 0 Å². The Morgan fingerprint density at radius 3 is 2.68 bits per heavy atom. The predicted molar refractivity (Wildman–Crippen MR) is 95.9 cm³/mol. The first-order valence-electron chi connectivity index (χ1n) is 8.65. The van der Waals surface area contributed by atoms with E-state index in [1.165, 1.54) is 0 Å². The van der Waals surface area contributed by atoms with Crippen LogP contribution in [0.3, 0.4) is 0 Å². The molecule has 2 amide bonds. The van der Waals surface area contributed by atoms with Gasteiger partial charge in [0.25, 0.3) is 0 Å². The summed E-state index contributed by atoms with van der Waals surface area (Å²) in [5, 5.41) is 7.14. The van der Waals surface area contributed by atoms with Crippen molar-refractivity contribution in [1.82, 2.24) is 14.7 Å². The van der Waals surface area contributed by atoms with Crippen LogP contribution in [0.5, 0.6) is 0 Å². The van der Waals surface area contributed by atoms with Crippen molar-refractivity contribution in [2.24, 2.45) is 5.92 Å². The maximum absolute atomic E-state index is 12.9. The molecule has 0 unspecified atom stereocenters. The largest absolute Gasteiger partial charge is 0.338 e. The average Bonchev–Trinajstić information content (AvgIpc) is 3.05. The summed E-state index contributed by atoms with van der Waals surface area (Å²) in [6.45, 7) is 4.77. The first-order valence-corrected chi connectivity index (χ1v) is 8.65. The molecule has 0 aliphatic carbocycles. The van der Waals surface area contributed by atoms with Gasteiger partial charge in [-0.15, -0.1) is 0 Å². The number of benzene rings is 1. The third-order valence-corrected chi connectivity index (χ3v) is 4.84. The first kappa shape index (κ1) is 17.2. The molecule has 2 aromatic rings. The minimum atomic E-state index is -0.282. The fourth-order valence-corrected chi connectivity index (χ4v) is 3.37. The van der Waals surface area contributed by atoms with E-state index in [4.69, 9.17) is 0 Å². The molecule has 0 radical (unpaired) electrons. The molecule has 25 heavy (non-hydrogen) atoms. The number of nitrogens with one attached hydrogen (secondary N) is 1. The van der Waals surface area contributed by atoms with E-state index in [1.54, 1.807) is 22.8 Å². The highest BCUT2D eigenvalue weighted by molar-refractivity contribution is 5.94. The number of anilines is 1. The number of likely N-dealkylation sites (tertiary alicyclic amines) is 1. The fraction of sp³-hybridized carbons (Fsp3) is 0.421. The fourth-order valence-electron chi connectivity index (χ4n) is 3.37. The molecule has 0 spiro atoms. The minimum absolute atomic E-state index is 0.0689. The lowest BCUT2D eigenvalue weighted by molar-refractivity contribution is -0.140. The number of rotatable bonds is 4. The smallest absolute Gasteiger partial charge is 0.230 e. The molecule has 1 saturated heterocycles. The number of aromatic nitrogens is 2. The van der Waals surface area contributed by atoms with Gasteiger partial charge in [-0.2, -0.15) is 5.10 Å². The second-order valence-electron chi connectivity index (χ2n) is 6.58. The van der Waals surface area contributed by atoms with Gasteiger partial charge < -0.3 is 10.2 Å². The lowest BCUT2D eigenvalue weighted by Crippen LogP contribution is -2.44. The molecule has 2 atom stereocenters. The van der Waals surface area contributed by atoms with Crippen LogP contribution < -0.4 is 5.32 Å². The minimum Gasteiger partial charge on any atom is -0.338 e. The van der Waals surface area contributed by atoms with Crippen molar-refractivity contribution in [2.45, 2.75) is 39.3 Å². The van der Waals surface area contributed by atoms with Gasteiger partial charge in [0.2, 0.25) is 11.8 Å². The second-order valence-corrected chi connectivity index (χ2v) is 6.58. The van der Waals surface area contributed by atoms with Gasteiger partial charge in [0.15, 0.2) is 0 Å². The maximum atomic E-state index is 12.9. The monoisotopic (exact) mass is 340 g/mol. The van der Waals surface area contributed by atoms with E-state index in [-0.39, 0.29) is 23.8 Å². The highest BCUT2D eigenvalue weighted by Gasteiger charge is 2.38. The van der Waals surface area contributed by atoms with Crippen molar-refractivity contribution < 1.29 is 9.59 Å². The van der Waals surface area contributed by atoms with Crippen molar-refractivity contribution in [2.75, 3.05) is 12.4 Å². The molecule has 1 fully saturated rings. The lowest BCUT2D eigenvalue weighted by Gasteiger charge is -2.38. The number of hydrogen-bond acceptors (Lipinski definition) is 3. The molecule has 0 saturated carbocycles. The van der Waals surface area contributed by atoms with Crippen LogP contribution >= 0.6 is 0 Å². The number of amides is 2. The summed E-state index contributed by atoms with van der Waals surface area (Å²) < 4.78 is 1.77. The van der Waals surface area contributed by atoms with E-state index in [9.17, 15) is 9.59 Å². The molecule has 6 heteroatoms. The second kappa shape index (κ2) is 7.09. The van der Waals surface area contributed by atoms with E-state index in [2.05, 4.69) is 10.4 Å². The number of carbonyl (C=O) groups is 2. The molecule has 6 nitrogen and oxygen atoms in total. The zero-order chi connectivity index (χ0) is 18.0. The summed E-state index contributed by atoms with van der Waals surface area (Å²) >= 11 is 0. The Hall–Kier alpha value is -2.63. The van der Waals surface area contributed by atoms with Gasteiger partial charge in [0, 0.05) is 26.2 Å². The van der Waals surface area contributed by atoms with Crippen LogP contribution in [0.25, 0.3) is 0 Å². The Bertz CT molecular complexity index is 766. The van der Waals surface area contributed by atoms with Crippen LogP contribution in [0, 0.1) is 12.8 Å². The van der Waals surface area contributed by atoms with Crippen LogP contribution in [0.4, 0.5) is 5.69 Å². The van der Waals surface area contributed by atoms with Crippen molar-refractivity contribution in [3.05, 3.63) is 47.8 Å². The number of nitrogens with zero attached hydrogens (tertiary/aromatic N) is 3. The summed E-state index contributed by atoms with van der Waals surface area (Å²) in [6, 6.07) is 7.79.